The Morgan fingerprint density at radius 1 is 1.53 bits per heavy atom. The number of aromatic nitrogens is 2. The van der Waals surface area contributed by atoms with Gasteiger partial charge in [-0.15, -0.1) is 0 Å². The number of nitrogen functional groups attached to an aromatic ring is 1. The Kier molecular flexibility index (Phi) is 4.31. The standard InChI is InChI=1S/C13H21N5O/c1-9-7-11(12(14)15)17-13(16-9)18(2)8-10-5-3-4-6-19-10/h7,10H,3-6,8H2,1-2H3,(H3,14,15). The first kappa shape index (κ1) is 13.7. The number of amidine groups is 1. The Bertz CT molecular complexity index is 456. The van der Waals surface area contributed by atoms with Gasteiger partial charge in [-0.25, -0.2) is 9.97 Å². The molecule has 104 valence electrons. The minimum atomic E-state index is -0.0333. The van der Waals surface area contributed by atoms with Gasteiger partial charge in [-0.2, -0.15) is 0 Å². The summed E-state index contributed by atoms with van der Waals surface area (Å²) in [5.74, 6) is 0.563. The third-order valence-corrected chi connectivity index (χ3v) is 3.21. The number of ether oxygens (including phenoxy) is 1. The number of nitrogens with one attached hydrogen (secondary N) is 1. The van der Waals surface area contributed by atoms with E-state index in [1.165, 1.54) is 6.42 Å². The molecule has 1 aliphatic heterocycles. The van der Waals surface area contributed by atoms with Gasteiger partial charge in [0, 0.05) is 25.9 Å². The molecule has 1 aromatic rings. The number of hydrogen-bond acceptors (Lipinski definition) is 5. The minimum absolute atomic E-state index is 0.0333. The van der Waals surface area contributed by atoms with E-state index in [-0.39, 0.29) is 11.9 Å². The highest BCUT2D eigenvalue weighted by Gasteiger charge is 2.18. The zero-order valence-electron chi connectivity index (χ0n) is 11.5. The highest BCUT2D eigenvalue weighted by atomic mass is 16.5. The van der Waals surface area contributed by atoms with Gasteiger partial charge < -0.3 is 15.4 Å². The molecule has 0 spiro atoms. The van der Waals surface area contributed by atoms with E-state index >= 15 is 0 Å². The summed E-state index contributed by atoms with van der Waals surface area (Å²) in [6.45, 7) is 3.48. The molecule has 0 amide bonds. The van der Waals surface area contributed by atoms with Crippen molar-refractivity contribution in [3.05, 3.63) is 17.5 Å². The van der Waals surface area contributed by atoms with E-state index in [2.05, 4.69) is 9.97 Å². The zero-order valence-corrected chi connectivity index (χ0v) is 11.5. The number of rotatable bonds is 4. The van der Waals surface area contributed by atoms with E-state index in [0.717, 1.165) is 31.7 Å². The number of nitrogens with zero attached hydrogens (tertiary/aromatic N) is 3. The van der Waals surface area contributed by atoms with E-state index in [1.807, 2.05) is 18.9 Å². The monoisotopic (exact) mass is 263 g/mol. The second kappa shape index (κ2) is 5.97. The largest absolute Gasteiger partial charge is 0.382 e. The van der Waals surface area contributed by atoms with Crippen LogP contribution in [-0.2, 0) is 4.74 Å². The van der Waals surface area contributed by atoms with Crippen LogP contribution in [0.5, 0.6) is 0 Å². The van der Waals surface area contributed by atoms with Crippen molar-refractivity contribution in [2.24, 2.45) is 5.73 Å². The molecule has 1 atom stereocenters. The van der Waals surface area contributed by atoms with Crippen molar-refractivity contribution < 1.29 is 4.74 Å². The van der Waals surface area contributed by atoms with Crippen molar-refractivity contribution in [3.63, 3.8) is 0 Å². The molecule has 1 unspecified atom stereocenters. The van der Waals surface area contributed by atoms with E-state index in [4.69, 9.17) is 15.9 Å². The first-order valence-corrected chi connectivity index (χ1v) is 6.59. The van der Waals surface area contributed by atoms with Crippen LogP contribution in [0, 0.1) is 12.3 Å². The molecule has 1 aliphatic rings. The summed E-state index contributed by atoms with van der Waals surface area (Å²) < 4.78 is 5.71. The van der Waals surface area contributed by atoms with Crippen molar-refractivity contribution in [1.29, 1.82) is 5.41 Å². The highest BCUT2D eigenvalue weighted by molar-refractivity contribution is 5.93. The lowest BCUT2D eigenvalue weighted by molar-refractivity contribution is 0.0214. The smallest absolute Gasteiger partial charge is 0.226 e. The van der Waals surface area contributed by atoms with E-state index in [9.17, 15) is 0 Å². The molecule has 3 N–H and O–H groups in total. The zero-order chi connectivity index (χ0) is 13.8. The van der Waals surface area contributed by atoms with Crippen molar-refractivity contribution >= 4 is 11.8 Å². The second-order valence-corrected chi connectivity index (χ2v) is 4.98. The van der Waals surface area contributed by atoms with Crippen LogP contribution in [0.2, 0.25) is 0 Å². The maximum absolute atomic E-state index is 7.47. The van der Waals surface area contributed by atoms with Gasteiger partial charge in [-0.1, -0.05) is 0 Å². The van der Waals surface area contributed by atoms with Crippen LogP contribution in [0.3, 0.4) is 0 Å². The molecule has 6 nitrogen and oxygen atoms in total. The third kappa shape index (κ3) is 3.64. The molecule has 1 saturated heterocycles. The summed E-state index contributed by atoms with van der Waals surface area (Å²) in [5, 5.41) is 7.47. The maximum Gasteiger partial charge on any atom is 0.226 e. The summed E-state index contributed by atoms with van der Waals surface area (Å²) in [7, 11) is 1.94. The fraction of sp³-hybridized carbons (Fsp3) is 0.615. The SMILES string of the molecule is Cc1cc(C(=N)N)nc(N(C)CC2CCCCO2)n1. The Hall–Kier alpha value is -1.69. The Morgan fingerprint density at radius 3 is 2.95 bits per heavy atom. The Balaban J connectivity index is 2.09. The molecular weight excluding hydrogens is 242 g/mol. The van der Waals surface area contributed by atoms with E-state index in [1.54, 1.807) is 6.07 Å². The summed E-state index contributed by atoms with van der Waals surface area (Å²) >= 11 is 0. The molecular formula is C13H21N5O. The van der Waals surface area contributed by atoms with Gasteiger partial charge in [0.1, 0.15) is 11.5 Å². The lowest BCUT2D eigenvalue weighted by Crippen LogP contribution is -2.34. The fourth-order valence-electron chi connectivity index (χ4n) is 2.20. The predicted molar refractivity (Wildman–Crippen MR) is 74.6 cm³/mol. The quantitative estimate of drug-likeness (QED) is 0.626. The van der Waals surface area contributed by atoms with Gasteiger partial charge in [0.2, 0.25) is 5.95 Å². The molecule has 2 heterocycles. The number of anilines is 1. The number of hydrogen-bond donors (Lipinski definition) is 2. The Labute approximate surface area is 113 Å². The summed E-state index contributed by atoms with van der Waals surface area (Å²) in [6, 6.07) is 1.72. The minimum Gasteiger partial charge on any atom is -0.382 e. The molecule has 2 rings (SSSR count). The summed E-state index contributed by atoms with van der Waals surface area (Å²) in [4.78, 5) is 10.7. The second-order valence-electron chi connectivity index (χ2n) is 4.98. The van der Waals surface area contributed by atoms with Crippen molar-refractivity contribution in [2.45, 2.75) is 32.3 Å². The molecule has 1 fully saturated rings. The number of likely N-dealkylation sites (N-methyl/N-ethyl adjacent to an activating group) is 1. The maximum atomic E-state index is 7.47. The van der Waals surface area contributed by atoms with Crippen LogP contribution in [0.15, 0.2) is 6.07 Å². The van der Waals surface area contributed by atoms with Gasteiger partial charge in [0.25, 0.3) is 0 Å². The number of aryl methyl sites for hydroxylation is 1. The third-order valence-electron chi connectivity index (χ3n) is 3.21. The molecule has 0 saturated carbocycles. The molecule has 0 radical (unpaired) electrons. The average Bonchev–Trinajstić information content (AvgIpc) is 2.39. The summed E-state index contributed by atoms with van der Waals surface area (Å²) in [5.41, 5.74) is 6.77. The van der Waals surface area contributed by atoms with E-state index < -0.39 is 0 Å². The van der Waals surface area contributed by atoms with Crippen LogP contribution in [0.4, 0.5) is 5.95 Å². The highest BCUT2D eigenvalue weighted by Crippen LogP contribution is 2.16. The lowest BCUT2D eigenvalue weighted by Gasteiger charge is -2.27. The first-order valence-electron chi connectivity index (χ1n) is 6.59. The first-order chi connectivity index (χ1) is 9.06. The molecule has 0 aliphatic carbocycles. The van der Waals surface area contributed by atoms with Crippen molar-refractivity contribution in [1.82, 2.24) is 9.97 Å². The van der Waals surface area contributed by atoms with Crippen molar-refractivity contribution in [3.8, 4) is 0 Å². The van der Waals surface area contributed by atoms with Crippen LogP contribution in [0.1, 0.15) is 30.7 Å². The van der Waals surface area contributed by atoms with Gasteiger partial charge >= 0.3 is 0 Å². The topological polar surface area (TPSA) is 88.1 Å². The fourth-order valence-corrected chi connectivity index (χ4v) is 2.20. The molecule has 1 aromatic heterocycles. The number of nitrogens with two attached hydrogens (primary N) is 1. The van der Waals surface area contributed by atoms with Crippen molar-refractivity contribution in [2.75, 3.05) is 25.1 Å². The van der Waals surface area contributed by atoms with Crippen LogP contribution in [-0.4, -0.2) is 42.1 Å². The lowest BCUT2D eigenvalue weighted by atomic mass is 10.1. The average molecular weight is 263 g/mol. The van der Waals surface area contributed by atoms with Gasteiger partial charge in [0.05, 0.1) is 6.10 Å². The van der Waals surface area contributed by atoms with Crippen LogP contribution >= 0.6 is 0 Å². The van der Waals surface area contributed by atoms with Gasteiger partial charge in [-0.3, -0.25) is 5.41 Å². The normalized spacial score (nSPS) is 19.2. The molecule has 0 bridgehead atoms. The van der Waals surface area contributed by atoms with Gasteiger partial charge in [0.15, 0.2) is 0 Å². The molecule has 0 aromatic carbocycles. The Morgan fingerprint density at radius 2 is 2.32 bits per heavy atom. The summed E-state index contributed by atoms with van der Waals surface area (Å²) in [6.07, 6.45) is 3.68. The molecule has 19 heavy (non-hydrogen) atoms. The van der Waals surface area contributed by atoms with Crippen LogP contribution < -0.4 is 10.6 Å². The van der Waals surface area contributed by atoms with Gasteiger partial charge in [-0.05, 0) is 32.3 Å². The predicted octanol–water partition coefficient (Wildman–Crippen LogP) is 1.07. The molecule has 6 heteroatoms. The van der Waals surface area contributed by atoms with Crippen LogP contribution in [0.25, 0.3) is 0 Å². The van der Waals surface area contributed by atoms with E-state index in [0.29, 0.717) is 11.6 Å².